The van der Waals surface area contributed by atoms with Crippen molar-refractivity contribution < 1.29 is 57.8 Å². The van der Waals surface area contributed by atoms with Crippen LogP contribution in [0.15, 0.2) is 11.1 Å². The molecule has 0 radical (unpaired) electrons. The van der Waals surface area contributed by atoms with Gasteiger partial charge in [-0.15, -0.1) is 5.10 Å². The Hall–Kier alpha value is -1.07. The van der Waals surface area contributed by atoms with Crippen LogP contribution >= 0.6 is 0 Å². The molecular formula is C12H12N3NaO6S. The quantitative estimate of drug-likeness (QED) is 0.421. The second-order valence-corrected chi connectivity index (χ2v) is 7.44. The van der Waals surface area contributed by atoms with Gasteiger partial charge in [0.1, 0.15) is 6.04 Å². The van der Waals surface area contributed by atoms with Crippen LogP contribution in [0.4, 0.5) is 0 Å². The molecule has 1 amide bonds. The van der Waals surface area contributed by atoms with Crippen LogP contribution in [0.2, 0.25) is 0 Å². The van der Waals surface area contributed by atoms with Crippen LogP contribution in [-0.2, 0) is 19.4 Å². The minimum absolute atomic E-state index is 0. The number of aliphatic carboxylic acids is 1. The van der Waals surface area contributed by atoms with Crippen LogP contribution in [0, 0.1) is 5.92 Å². The summed E-state index contributed by atoms with van der Waals surface area (Å²) in [6.07, 6.45) is -0.0540. The fraction of sp³-hybridized carbons (Fsp3) is 0.500. The first kappa shape index (κ1) is 18.3. The number of amides is 1. The number of hydrogen-bond donors (Lipinski definition) is 1. The van der Waals surface area contributed by atoms with Gasteiger partial charge in [0.25, 0.3) is 0 Å². The normalized spacial score (nSPS) is 26.7. The summed E-state index contributed by atoms with van der Waals surface area (Å²) in [6.45, 7) is 1.41. The Kier molecular flexibility index (Phi) is 4.59. The van der Waals surface area contributed by atoms with Gasteiger partial charge in [0, 0.05) is 11.8 Å². The summed E-state index contributed by atoms with van der Waals surface area (Å²) in [5, 5.41) is 27.9. The van der Waals surface area contributed by atoms with Gasteiger partial charge in [-0.05, 0) is 13.0 Å². The van der Waals surface area contributed by atoms with Crippen LogP contribution < -0.4 is 34.7 Å². The molecule has 2 aliphatic heterocycles. The maximum atomic E-state index is 12.1. The van der Waals surface area contributed by atoms with E-state index in [2.05, 4.69) is 10.2 Å². The molecule has 1 aromatic heterocycles. The number of carboxylic acids is 1. The van der Waals surface area contributed by atoms with E-state index in [1.165, 1.54) is 13.0 Å². The smallest absolute Gasteiger partial charge is 0.547 e. The number of sulfone groups is 1. The van der Waals surface area contributed by atoms with Gasteiger partial charge in [-0.1, -0.05) is 0 Å². The number of aromatic nitrogens is 2. The minimum Gasteiger partial charge on any atom is -0.547 e. The number of hydrogen-bond acceptors (Lipinski definition) is 8. The summed E-state index contributed by atoms with van der Waals surface area (Å²) in [4.78, 5) is 24.4. The average molecular weight is 349 g/mol. The maximum Gasteiger partial charge on any atom is 1.00 e. The van der Waals surface area contributed by atoms with E-state index in [1.807, 2.05) is 0 Å². The Balaban J connectivity index is 0.00000192. The summed E-state index contributed by atoms with van der Waals surface area (Å²) in [5.74, 6) is -2.89. The third-order valence-corrected chi connectivity index (χ3v) is 4.95. The van der Waals surface area contributed by atoms with Crippen molar-refractivity contribution in [3.63, 3.8) is 0 Å². The molecule has 4 atom stereocenters. The van der Waals surface area contributed by atoms with Crippen LogP contribution in [-0.4, -0.2) is 52.9 Å². The molecule has 3 rings (SSSR count). The molecule has 1 fully saturated rings. The van der Waals surface area contributed by atoms with E-state index in [0.29, 0.717) is 0 Å². The Morgan fingerprint density at radius 1 is 1.43 bits per heavy atom. The van der Waals surface area contributed by atoms with Crippen molar-refractivity contribution in [1.82, 2.24) is 15.1 Å². The van der Waals surface area contributed by atoms with Crippen molar-refractivity contribution in [2.24, 2.45) is 5.92 Å². The largest absolute Gasteiger partial charge is 1.00 e. The van der Waals surface area contributed by atoms with E-state index in [-0.39, 0.29) is 45.8 Å². The molecule has 0 saturated carbocycles. The number of carbonyl (C=O) groups excluding carboxylic acids is 2. The predicted octanol–water partition coefficient (Wildman–Crippen LogP) is -5.43. The number of nitrogens with zero attached hydrogens (tertiary/aromatic N) is 3. The number of aliphatic hydroxyl groups is 1. The first-order valence-electron chi connectivity index (χ1n) is 6.43. The van der Waals surface area contributed by atoms with Crippen molar-refractivity contribution in [3.8, 4) is 0 Å². The molecular weight excluding hydrogens is 337 g/mol. The zero-order valence-corrected chi connectivity index (χ0v) is 15.4. The second-order valence-electron chi connectivity index (χ2n) is 5.47. The molecule has 11 heteroatoms. The zero-order valence-electron chi connectivity index (χ0n) is 12.6. The van der Waals surface area contributed by atoms with Gasteiger partial charge >= 0.3 is 29.6 Å². The average Bonchev–Trinajstić information content (AvgIpc) is 2.67. The molecule has 118 valence electrons. The molecule has 3 heterocycles. The van der Waals surface area contributed by atoms with Gasteiger partial charge in [-0.2, -0.15) is 5.10 Å². The summed E-state index contributed by atoms with van der Waals surface area (Å²) < 4.78 is 23.1. The first-order valence-corrected chi connectivity index (χ1v) is 8.32. The van der Waals surface area contributed by atoms with Gasteiger partial charge in [-0.3, -0.25) is 4.79 Å². The summed E-state index contributed by atoms with van der Waals surface area (Å²) in [5.41, 5.74) is 0.254. The van der Waals surface area contributed by atoms with E-state index in [0.717, 1.165) is 11.2 Å². The minimum atomic E-state index is -3.63. The number of fused-ring (bicyclic) bond motifs is 3. The number of carboxylic acid groups (broad SMARTS) is 1. The van der Waals surface area contributed by atoms with Crippen LogP contribution in [0.5, 0.6) is 0 Å². The molecule has 0 spiro atoms. The van der Waals surface area contributed by atoms with Gasteiger partial charge in [-0.25, -0.2) is 8.42 Å². The zero-order chi connectivity index (χ0) is 16.4. The Bertz CT molecular complexity index is 796. The Morgan fingerprint density at radius 2 is 2.04 bits per heavy atom. The molecule has 1 unspecified atom stereocenters. The van der Waals surface area contributed by atoms with Crippen LogP contribution in [0.3, 0.4) is 0 Å². The Labute approximate surface area is 153 Å². The molecule has 0 aromatic carbocycles. The molecule has 0 aliphatic carbocycles. The standard InChI is InChI=1S/C12H13N3O6S.Na/c1-4(16)7-9-5-3-6(22(2,20)21)13-14-8(5)10(12(18)19)15(9)11(7)17;/h3-4,7,9-10,16H,1-2H3,(H,18,19);/q;+1/p-1/t4-,7-,9-,10?;/m1./s1. The van der Waals surface area contributed by atoms with Crippen LogP contribution in [0.25, 0.3) is 0 Å². The van der Waals surface area contributed by atoms with Crippen molar-refractivity contribution in [3.05, 3.63) is 17.3 Å². The van der Waals surface area contributed by atoms with E-state index in [9.17, 15) is 28.2 Å². The van der Waals surface area contributed by atoms with Crippen molar-refractivity contribution in [2.75, 3.05) is 6.26 Å². The van der Waals surface area contributed by atoms with Gasteiger partial charge < -0.3 is 19.9 Å². The predicted molar refractivity (Wildman–Crippen MR) is 67.6 cm³/mol. The molecule has 1 N–H and O–H groups in total. The van der Waals surface area contributed by atoms with Crippen molar-refractivity contribution in [2.45, 2.75) is 30.1 Å². The molecule has 1 aromatic rings. The molecule has 9 nitrogen and oxygen atoms in total. The van der Waals surface area contributed by atoms with Crippen molar-refractivity contribution in [1.29, 1.82) is 0 Å². The van der Waals surface area contributed by atoms with Crippen molar-refractivity contribution >= 4 is 21.7 Å². The summed E-state index contributed by atoms with van der Waals surface area (Å²) in [6, 6.07) is -0.940. The molecule has 0 bridgehead atoms. The third kappa shape index (κ3) is 2.58. The van der Waals surface area contributed by atoms with E-state index < -0.39 is 45.8 Å². The van der Waals surface area contributed by atoms with Gasteiger partial charge in [0.2, 0.25) is 5.91 Å². The first-order chi connectivity index (χ1) is 10.1. The second kappa shape index (κ2) is 5.78. The maximum absolute atomic E-state index is 12.1. The fourth-order valence-corrected chi connectivity index (χ4v) is 3.55. The van der Waals surface area contributed by atoms with Crippen LogP contribution in [0.1, 0.15) is 30.3 Å². The van der Waals surface area contributed by atoms with E-state index in [4.69, 9.17) is 0 Å². The number of rotatable bonds is 3. The summed E-state index contributed by atoms with van der Waals surface area (Å²) >= 11 is 0. The Morgan fingerprint density at radius 3 is 2.52 bits per heavy atom. The topological polar surface area (TPSA) is 141 Å². The fourth-order valence-electron chi connectivity index (χ4n) is 3.02. The van der Waals surface area contributed by atoms with E-state index in [1.54, 1.807) is 0 Å². The summed E-state index contributed by atoms with van der Waals surface area (Å²) in [7, 11) is -3.63. The SMILES string of the molecule is C[C@@H](O)[C@H]1C(=O)N2C(C(=O)[O-])c3nnc(S(C)(=O)=O)cc3[C@H]12.[Na+]. The number of carbonyl (C=O) groups is 2. The van der Waals surface area contributed by atoms with Gasteiger partial charge in [0.15, 0.2) is 14.9 Å². The third-order valence-electron chi connectivity index (χ3n) is 3.99. The molecule has 23 heavy (non-hydrogen) atoms. The number of β-lactam (4-membered cyclic amide) rings is 1. The van der Waals surface area contributed by atoms with Gasteiger partial charge in [0.05, 0.1) is 29.7 Å². The number of aliphatic hydroxyl groups excluding tert-OH is 1. The molecule has 2 aliphatic rings. The monoisotopic (exact) mass is 349 g/mol. The molecule has 1 saturated heterocycles. The van der Waals surface area contributed by atoms with E-state index >= 15 is 0 Å².